The maximum absolute atomic E-state index is 11.9. The third kappa shape index (κ3) is 15.1. The summed E-state index contributed by atoms with van der Waals surface area (Å²) >= 11 is 0. The average molecular weight is 374 g/mol. The molecule has 0 spiro atoms. The molecule has 0 unspecified atom stereocenters. The molecular formula is C20H39NO5. The summed E-state index contributed by atoms with van der Waals surface area (Å²) in [5.74, 6) is -1.12. The minimum atomic E-state index is -1.06. The average Bonchev–Trinajstić information content (AvgIpc) is 2.64. The largest absolute Gasteiger partial charge is 0.466 e. The Morgan fingerprint density at radius 3 is 1.77 bits per heavy atom. The number of carbonyl (C=O) groups is 2. The molecule has 0 fully saturated rings. The van der Waals surface area contributed by atoms with Gasteiger partial charge in [-0.25, -0.2) is 0 Å². The maximum Gasteiger partial charge on any atom is 0.326 e. The van der Waals surface area contributed by atoms with Crippen molar-refractivity contribution in [3.05, 3.63) is 0 Å². The van der Waals surface area contributed by atoms with E-state index in [4.69, 9.17) is 14.7 Å². The Hall–Kier alpha value is -1.14. The molecule has 0 aromatic carbocycles. The first kappa shape index (κ1) is 24.9. The van der Waals surface area contributed by atoms with Crippen LogP contribution in [0.15, 0.2) is 0 Å². The van der Waals surface area contributed by atoms with Crippen LogP contribution in [0.3, 0.4) is 0 Å². The lowest BCUT2D eigenvalue weighted by Gasteiger charge is -2.14. The Labute approximate surface area is 159 Å². The zero-order valence-electron chi connectivity index (χ0n) is 16.8. The molecule has 0 rings (SSSR count). The molecule has 0 aromatic rings. The summed E-state index contributed by atoms with van der Waals surface area (Å²) in [5, 5.41) is 9.07. The van der Waals surface area contributed by atoms with Crippen LogP contribution in [-0.2, 0) is 19.1 Å². The van der Waals surface area contributed by atoms with Gasteiger partial charge in [-0.2, -0.15) is 5.48 Å². The van der Waals surface area contributed by atoms with Crippen LogP contribution in [0.5, 0.6) is 0 Å². The van der Waals surface area contributed by atoms with Crippen LogP contribution >= 0.6 is 0 Å². The van der Waals surface area contributed by atoms with Gasteiger partial charge in [0.15, 0.2) is 0 Å². The van der Waals surface area contributed by atoms with Crippen molar-refractivity contribution >= 4 is 11.9 Å². The molecule has 26 heavy (non-hydrogen) atoms. The summed E-state index contributed by atoms with van der Waals surface area (Å²) in [6.07, 6.45) is 13.2. The lowest BCUT2D eigenvalue weighted by Crippen LogP contribution is -2.38. The van der Waals surface area contributed by atoms with Gasteiger partial charge in [0.25, 0.3) is 0 Å². The van der Waals surface area contributed by atoms with Crippen molar-refractivity contribution in [3.8, 4) is 0 Å². The fraction of sp³-hybridized carbons (Fsp3) is 0.900. The second kappa shape index (κ2) is 18.6. The second-order valence-electron chi connectivity index (χ2n) is 6.81. The number of hydrogen-bond acceptors (Lipinski definition) is 6. The van der Waals surface area contributed by atoms with E-state index in [0.717, 1.165) is 44.9 Å². The topological polar surface area (TPSA) is 84.9 Å². The van der Waals surface area contributed by atoms with Crippen molar-refractivity contribution in [2.45, 2.75) is 103 Å². The molecule has 6 nitrogen and oxygen atoms in total. The van der Waals surface area contributed by atoms with Gasteiger partial charge in [0, 0.05) is 0 Å². The second-order valence-corrected chi connectivity index (χ2v) is 6.81. The normalized spacial score (nSPS) is 12.0. The van der Waals surface area contributed by atoms with Gasteiger partial charge in [-0.15, -0.1) is 0 Å². The molecule has 0 aliphatic carbocycles. The predicted molar refractivity (Wildman–Crippen MR) is 102 cm³/mol. The molecule has 0 saturated carbocycles. The van der Waals surface area contributed by atoms with E-state index < -0.39 is 18.0 Å². The minimum Gasteiger partial charge on any atom is -0.466 e. The molecule has 154 valence electrons. The predicted octanol–water partition coefficient (Wildman–Crippen LogP) is 4.53. The number of esters is 2. The Balaban J connectivity index is 3.71. The van der Waals surface area contributed by atoms with Crippen LogP contribution in [0, 0.1) is 0 Å². The molecule has 1 atom stereocenters. The van der Waals surface area contributed by atoms with E-state index in [-0.39, 0.29) is 6.42 Å². The molecule has 0 amide bonds. The Morgan fingerprint density at radius 2 is 1.23 bits per heavy atom. The molecule has 0 saturated heterocycles. The Kier molecular flexibility index (Phi) is 17.8. The first-order valence-electron chi connectivity index (χ1n) is 10.4. The highest BCUT2D eigenvalue weighted by atomic mass is 16.5. The van der Waals surface area contributed by atoms with Gasteiger partial charge in [0.1, 0.15) is 6.04 Å². The molecule has 0 heterocycles. The van der Waals surface area contributed by atoms with Gasteiger partial charge in [-0.05, 0) is 12.8 Å². The number of ether oxygens (including phenoxy) is 2. The van der Waals surface area contributed by atoms with E-state index in [2.05, 4.69) is 13.8 Å². The lowest BCUT2D eigenvalue weighted by molar-refractivity contribution is -0.155. The van der Waals surface area contributed by atoms with Gasteiger partial charge in [-0.1, -0.05) is 78.1 Å². The highest BCUT2D eigenvalue weighted by Crippen LogP contribution is 2.09. The van der Waals surface area contributed by atoms with E-state index in [1.807, 2.05) is 5.48 Å². The Morgan fingerprint density at radius 1 is 0.769 bits per heavy atom. The molecule has 6 heteroatoms. The standard InChI is InChI=1S/C20H39NO5/c1-3-5-7-9-10-11-12-14-16-26-20(23)18(21-24)17-19(22)25-15-13-8-6-4-2/h18,21,24H,3-17H2,1-2H3/t18-/m0/s1. The quantitative estimate of drug-likeness (QED) is 0.209. The molecule has 0 bridgehead atoms. The monoisotopic (exact) mass is 373 g/mol. The van der Waals surface area contributed by atoms with Crippen molar-refractivity contribution in [2.24, 2.45) is 0 Å². The van der Waals surface area contributed by atoms with Gasteiger partial charge < -0.3 is 14.7 Å². The number of hydrogen-bond donors (Lipinski definition) is 2. The van der Waals surface area contributed by atoms with E-state index in [0.29, 0.717) is 13.2 Å². The van der Waals surface area contributed by atoms with Gasteiger partial charge >= 0.3 is 11.9 Å². The number of carbonyl (C=O) groups excluding carboxylic acids is 2. The molecule has 2 N–H and O–H groups in total. The summed E-state index contributed by atoms with van der Waals surface area (Å²) in [4.78, 5) is 23.6. The minimum absolute atomic E-state index is 0.222. The number of hydroxylamine groups is 1. The van der Waals surface area contributed by atoms with Crippen molar-refractivity contribution < 1.29 is 24.3 Å². The summed E-state index contributed by atoms with van der Waals surface area (Å²) < 4.78 is 10.2. The lowest BCUT2D eigenvalue weighted by atomic mass is 10.1. The number of rotatable bonds is 18. The van der Waals surface area contributed by atoms with Crippen molar-refractivity contribution in [1.29, 1.82) is 0 Å². The van der Waals surface area contributed by atoms with E-state index in [9.17, 15) is 9.59 Å². The number of unbranched alkanes of at least 4 members (excludes halogenated alkanes) is 10. The summed E-state index contributed by atoms with van der Waals surface area (Å²) in [6.45, 7) is 4.99. The van der Waals surface area contributed by atoms with Crippen LogP contribution in [0.1, 0.15) is 97.3 Å². The summed E-state index contributed by atoms with van der Waals surface area (Å²) in [5.41, 5.74) is 1.85. The molecule has 0 aromatic heterocycles. The van der Waals surface area contributed by atoms with Gasteiger partial charge in [0.2, 0.25) is 0 Å². The molecular weight excluding hydrogens is 334 g/mol. The fourth-order valence-electron chi connectivity index (χ4n) is 2.63. The van der Waals surface area contributed by atoms with Gasteiger partial charge in [-0.3, -0.25) is 9.59 Å². The van der Waals surface area contributed by atoms with Crippen LogP contribution in [0.25, 0.3) is 0 Å². The van der Waals surface area contributed by atoms with E-state index >= 15 is 0 Å². The number of nitrogens with one attached hydrogen (secondary N) is 1. The highest BCUT2D eigenvalue weighted by molar-refractivity contribution is 5.82. The third-order valence-electron chi connectivity index (χ3n) is 4.31. The zero-order valence-corrected chi connectivity index (χ0v) is 16.8. The van der Waals surface area contributed by atoms with Crippen LogP contribution < -0.4 is 5.48 Å². The third-order valence-corrected chi connectivity index (χ3v) is 4.31. The highest BCUT2D eigenvalue weighted by Gasteiger charge is 2.23. The van der Waals surface area contributed by atoms with Crippen LogP contribution in [0.4, 0.5) is 0 Å². The summed E-state index contributed by atoms with van der Waals surface area (Å²) in [6, 6.07) is -1.06. The molecule has 0 aliphatic rings. The Bertz CT molecular complexity index is 349. The van der Waals surface area contributed by atoms with Crippen LogP contribution in [0.2, 0.25) is 0 Å². The van der Waals surface area contributed by atoms with E-state index in [1.165, 1.54) is 32.1 Å². The summed E-state index contributed by atoms with van der Waals surface area (Å²) in [7, 11) is 0. The first-order chi connectivity index (χ1) is 12.7. The van der Waals surface area contributed by atoms with Crippen LogP contribution in [-0.4, -0.2) is 36.4 Å². The van der Waals surface area contributed by atoms with Gasteiger partial charge in [0.05, 0.1) is 19.6 Å². The first-order valence-corrected chi connectivity index (χ1v) is 10.4. The molecule has 0 radical (unpaired) electrons. The molecule has 0 aliphatic heterocycles. The maximum atomic E-state index is 11.9. The fourth-order valence-corrected chi connectivity index (χ4v) is 2.63. The van der Waals surface area contributed by atoms with Crippen molar-refractivity contribution in [2.75, 3.05) is 13.2 Å². The smallest absolute Gasteiger partial charge is 0.326 e. The zero-order chi connectivity index (χ0) is 19.5. The SMILES string of the molecule is CCCCCCCCCCOC(=O)[C@H](CC(=O)OCCCCCC)NO. The van der Waals surface area contributed by atoms with Crippen molar-refractivity contribution in [3.63, 3.8) is 0 Å². The van der Waals surface area contributed by atoms with E-state index in [1.54, 1.807) is 0 Å². The van der Waals surface area contributed by atoms with Crippen molar-refractivity contribution in [1.82, 2.24) is 5.48 Å².